The highest BCUT2D eigenvalue weighted by molar-refractivity contribution is 6.31. The second-order valence-corrected chi connectivity index (χ2v) is 4.27. The molecule has 0 fully saturated rings. The predicted molar refractivity (Wildman–Crippen MR) is 63.5 cm³/mol. The minimum atomic E-state index is -4.49. The Labute approximate surface area is 111 Å². The van der Waals surface area contributed by atoms with E-state index in [0.717, 1.165) is 24.3 Å². The van der Waals surface area contributed by atoms with Crippen LogP contribution in [-0.2, 0) is 6.18 Å². The van der Waals surface area contributed by atoms with Crippen molar-refractivity contribution in [2.45, 2.75) is 6.18 Å². The van der Waals surface area contributed by atoms with E-state index in [-0.39, 0.29) is 16.1 Å². The van der Waals surface area contributed by atoms with Gasteiger partial charge >= 0.3 is 6.18 Å². The Kier molecular flexibility index (Phi) is 3.41. The molecule has 0 spiro atoms. The zero-order chi connectivity index (χ0) is 14.2. The molecule has 100 valence electrons. The zero-order valence-corrected chi connectivity index (χ0v) is 10.1. The zero-order valence-electron chi connectivity index (χ0n) is 9.30. The van der Waals surface area contributed by atoms with Crippen LogP contribution >= 0.6 is 11.6 Å². The van der Waals surface area contributed by atoms with E-state index >= 15 is 0 Å². The number of halogens is 5. The van der Waals surface area contributed by atoms with Crippen molar-refractivity contribution in [3.63, 3.8) is 0 Å². The van der Waals surface area contributed by atoms with Crippen molar-refractivity contribution >= 4 is 11.6 Å². The molecule has 0 aliphatic heterocycles. The van der Waals surface area contributed by atoms with Gasteiger partial charge in [-0.25, -0.2) is 4.39 Å². The molecular weight excluding hydrogens is 284 g/mol. The molecule has 0 saturated carbocycles. The van der Waals surface area contributed by atoms with Crippen molar-refractivity contribution in [1.82, 2.24) is 0 Å². The van der Waals surface area contributed by atoms with Crippen molar-refractivity contribution < 1.29 is 22.7 Å². The van der Waals surface area contributed by atoms with Gasteiger partial charge in [-0.2, -0.15) is 13.2 Å². The van der Waals surface area contributed by atoms with Gasteiger partial charge in [-0.3, -0.25) is 0 Å². The molecule has 0 atom stereocenters. The summed E-state index contributed by atoms with van der Waals surface area (Å²) in [5, 5.41) is 9.31. The van der Waals surface area contributed by atoms with Gasteiger partial charge < -0.3 is 5.11 Å². The molecule has 0 radical (unpaired) electrons. The van der Waals surface area contributed by atoms with Crippen molar-refractivity contribution in [2.24, 2.45) is 0 Å². The summed E-state index contributed by atoms with van der Waals surface area (Å²) in [4.78, 5) is 0. The van der Waals surface area contributed by atoms with E-state index in [9.17, 15) is 22.7 Å². The first kappa shape index (κ1) is 13.7. The first-order valence-corrected chi connectivity index (χ1v) is 5.52. The molecule has 0 aliphatic carbocycles. The average molecular weight is 291 g/mol. The molecule has 0 heterocycles. The molecule has 1 nitrogen and oxygen atoms in total. The summed E-state index contributed by atoms with van der Waals surface area (Å²) in [7, 11) is 0. The Morgan fingerprint density at radius 2 is 1.74 bits per heavy atom. The first-order valence-electron chi connectivity index (χ1n) is 5.14. The molecule has 0 unspecified atom stereocenters. The minimum Gasteiger partial charge on any atom is -0.507 e. The number of hydrogen-bond donors (Lipinski definition) is 1. The van der Waals surface area contributed by atoms with Crippen molar-refractivity contribution in [3.8, 4) is 16.9 Å². The number of aromatic hydroxyl groups is 1. The lowest BCUT2D eigenvalue weighted by Gasteiger charge is -2.10. The van der Waals surface area contributed by atoms with Crippen LogP contribution in [0.25, 0.3) is 11.1 Å². The van der Waals surface area contributed by atoms with Gasteiger partial charge in [-0.15, -0.1) is 0 Å². The van der Waals surface area contributed by atoms with Gasteiger partial charge in [0.1, 0.15) is 11.6 Å². The molecule has 1 N–H and O–H groups in total. The summed E-state index contributed by atoms with van der Waals surface area (Å²) in [6, 6.07) is 6.20. The molecule has 0 aliphatic rings. The van der Waals surface area contributed by atoms with Crippen LogP contribution in [0.1, 0.15) is 5.56 Å². The van der Waals surface area contributed by atoms with E-state index in [1.165, 1.54) is 12.1 Å². The molecule has 19 heavy (non-hydrogen) atoms. The van der Waals surface area contributed by atoms with Crippen LogP contribution in [0.15, 0.2) is 36.4 Å². The largest absolute Gasteiger partial charge is 0.507 e. The second-order valence-electron chi connectivity index (χ2n) is 3.86. The number of alkyl halides is 3. The minimum absolute atomic E-state index is 0.0394. The Balaban J connectivity index is 2.57. The summed E-state index contributed by atoms with van der Waals surface area (Å²) in [6.45, 7) is 0. The Morgan fingerprint density at radius 3 is 2.37 bits per heavy atom. The molecule has 0 aromatic heterocycles. The lowest BCUT2D eigenvalue weighted by atomic mass is 10.0. The molecule has 2 aromatic carbocycles. The van der Waals surface area contributed by atoms with Gasteiger partial charge in [-0.05, 0) is 23.8 Å². The monoisotopic (exact) mass is 290 g/mol. The summed E-state index contributed by atoms with van der Waals surface area (Å²) < 4.78 is 50.8. The Hall–Kier alpha value is -1.75. The van der Waals surface area contributed by atoms with Gasteiger partial charge in [0, 0.05) is 11.6 Å². The number of rotatable bonds is 1. The maximum absolute atomic E-state index is 13.1. The van der Waals surface area contributed by atoms with Crippen LogP contribution in [0, 0.1) is 5.82 Å². The second kappa shape index (κ2) is 4.74. The lowest BCUT2D eigenvalue weighted by molar-refractivity contribution is -0.137. The fraction of sp³-hybridized carbons (Fsp3) is 0.0769. The lowest BCUT2D eigenvalue weighted by Crippen LogP contribution is -2.04. The Morgan fingerprint density at radius 1 is 1.05 bits per heavy atom. The van der Waals surface area contributed by atoms with E-state index in [2.05, 4.69) is 0 Å². The SMILES string of the molecule is Oc1cc(F)c(Cl)cc1-c1cccc(C(F)(F)F)c1. The third-order valence-electron chi connectivity index (χ3n) is 2.54. The van der Waals surface area contributed by atoms with Gasteiger partial charge in [0.15, 0.2) is 0 Å². The van der Waals surface area contributed by atoms with Gasteiger partial charge in [0.05, 0.1) is 10.6 Å². The highest BCUT2D eigenvalue weighted by Crippen LogP contribution is 2.36. The Bertz CT molecular complexity index is 623. The van der Waals surface area contributed by atoms with Gasteiger partial charge in [-0.1, -0.05) is 23.7 Å². The van der Waals surface area contributed by atoms with E-state index in [1.54, 1.807) is 0 Å². The third-order valence-corrected chi connectivity index (χ3v) is 2.83. The molecule has 0 saturated heterocycles. The van der Waals surface area contributed by atoms with Crippen LogP contribution in [0.3, 0.4) is 0 Å². The highest BCUT2D eigenvalue weighted by Gasteiger charge is 2.30. The van der Waals surface area contributed by atoms with Crippen molar-refractivity contribution in [2.75, 3.05) is 0 Å². The average Bonchev–Trinajstić information content (AvgIpc) is 2.33. The summed E-state index contributed by atoms with van der Waals surface area (Å²) in [5.41, 5.74) is -0.712. The first-order chi connectivity index (χ1) is 8.79. The maximum atomic E-state index is 13.1. The van der Waals surface area contributed by atoms with Gasteiger partial charge in [0.2, 0.25) is 0 Å². The van der Waals surface area contributed by atoms with E-state index in [1.807, 2.05) is 0 Å². The van der Waals surface area contributed by atoms with E-state index in [0.29, 0.717) is 0 Å². The van der Waals surface area contributed by atoms with Crippen molar-refractivity contribution in [3.05, 3.63) is 52.8 Å². The molecule has 6 heteroatoms. The number of hydrogen-bond acceptors (Lipinski definition) is 1. The summed E-state index contributed by atoms with van der Waals surface area (Å²) >= 11 is 5.56. The van der Waals surface area contributed by atoms with Gasteiger partial charge in [0.25, 0.3) is 0 Å². The van der Waals surface area contributed by atoms with Crippen LogP contribution in [0.5, 0.6) is 5.75 Å². The fourth-order valence-electron chi connectivity index (χ4n) is 1.63. The van der Waals surface area contributed by atoms with E-state index < -0.39 is 23.3 Å². The van der Waals surface area contributed by atoms with Crippen LogP contribution < -0.4 is 0 Å². The number of phenolic OH excluding ortho intramolecular Hbond substituents is 1. The maximum Gasteiger partial charge on any atom is 0.416 e. The molecule has 2 aromatic rings. The normalized spacial score (nSPS) is 11.6. The molecular formula is C13H7ClF4O. The standard InChI is InChI=1S/C13H7ClF4O/c14-10-5-9(12(19)6-11(10)15)7-2-1-3-8(4-7)13(16,17)18/h1-6,19H. The van der Waals surface area contributed by atoms with Crippen molar-refractivity contribution in [1.29, 1.82) is 0 Å². The molecule has 0 bridgehead atoms. The predicted octanol–water partition coefficient (Wildman–Crippen LogP) is 4.87. The molecule has 2 rings (SSSR count). The van der Waals surface area contributed by atoms with Crippen LogP contribution in [-0.4, -0.2) is 5.11 Å². The fourth-order valence-corrected chi connectivity index (χ4v) is 1.79. The number of phenols is 1. The third kappa shape index (κ3) is 2.81. The quantitative estimate of drug-likeness (QED) is 0.743. The van der Waals surface area contributed by atoms with E-state index in [4.69, 9.17) is 11.6 Å². The summed E-state index contributed by atoms with van der Waals surface area (Å²) in [5.74, 6) is -1.31. The topological polar surface area (TPSA) is 20.2 Å². The van der Waals surface area contributed by atoms with Crippen LogP contribution in [0.4, 0.5) is 17.6 Å². The number of benzene rings is 2. The molecule has 0 amide bonds. The highest BCUT2D eigenvalue weighted by atomic mass is 35.5. The smallest absolute Gasteiger partial charge is 0.416 e. The van der Waals surface area contributed by atoms with Crippen LogP contribution in [0.2, 0.25) is 5.02 Å². The summed E-state index contributed by atoms with van der Waals surface area (Å²) in [6.07, 6.45) is -4.49.